The molecule has 1 saturated heterocycles. The van der Waals surface area contributed by atoms with Crippen molar-refractivity contribution in [2.45, 2.75) is 12.3 Å². The van der Waals surface area contributed by atoms with Crippen LogP contribution in [0.5, 0.6) is 0 Å². The average molecular weight is 351 g/mol. The van der Waals surface area contributed by atoms with E-state index >= 15 is 0 Å². The molecule has 1 aliphatic rings. The number of benzene rings is 1. The van der Waals surface area contributed by atoms with Gasteiger partial charge in [-0.3, -0.25) is 4.68 Å². The molecule has 110 valence electrons. The molecule has 0 bridgehead atoms. The summed E-state index contributed by atoms with van der Waals surface area (Å²) in [6.07, 6.45) is 1.03. The van der Waals surface area contributed by atoms with Crippen molar-refractivity contribution in [1.82, 2.24) is 9.78 Å². The number of hydrogen-bond donors (Lipinski definition) is 1. The number of carbonyl (C=O) groups is 1. The zero-order valence-electron chi connectivity index (χ0n) is 11.5. The molecular weight excluding hydrogens is 336 g/mol. The van der Waals surface area contributed by atoms with Crippen molar-refractivity contribution in [3.05, 3.63) is 40.0 Å². The lowest BCUT2D eigenvalue weighted by Crippen LogP contribution is -2.00. The number of nitrogens with zero attached hydrogens (tertiary/aromatic N) is 2. The first-order valence-corrected chi connectivity index (χ1v) is 7.50. The zero-order chi connectivity index (χ0) is 15.0. The third-order valence-electron chi connectivity index (χ3n) is 3.76. The van der Waals surface area contributed by atoms with E-state index in [0.29, 0.717) is 5.92 Å². The minimum atomic E-state index is -1.02. The number of rotatable bonds is 3. The quantitative estimate of drug-likeness (QED) is 0.923. The normalized spacial score (nSPS) is 18.1. The van der Waals surface area contributed by atoms with Gasteiger partial charge in [-0.15, -0.1) is 0 Å². The van der Waals surface area contributed by atoms with E-state index in [1.807, 2.05) is 12.1 Å². The molecule has 1 atom stereocenters. The zero-order valence-corrected chi connectivity index (χ0v) is 13.1. The maximum Gasteiger partial charge on any atom is 0.356 e. The number of halogens is 1. The Morgan fingerprint density at radius 3 is 2.86 bits per heavy atom. The monoisotopic (exact) mass is 350 g/mol. The van der Waals surface area contributed by atoms with Crippen molar-refractivity contribution in [2.24, 2.45) is 7.05 Å². The molecule has 0 spiro atoms. The fourth-order valence-corrected chi connectivity index (χ4v) is 3.34. The third kappa shape index (κ3) is 2.73. The molecule has 1 unspecified atom stereocenters. The van der Waals surface area contributed by atoms with E-state index in [0.717, 1.165) is 35.4 Å². The molecule has 3 rings (SSSR count). The van der Waals surface area contributed by atoms with E-state index in [9.17, 15) is 4.79 Å². The van der Waals surface area contributed by atoms with E-state index in [4.69, 9.17) is 9.84 Å². The Labute approximate surface area is 130 Å². The lowest BCUT2D eigenvalue weighted by atomic mass is 9.97. The Morgan fingerprint density at radius 2 is 2.29 bits per heavy atom. The Kier molecular flexibility index (Phi) is 3.82. The minimum absolute atomic E-state index is 0.0527. The first-order valence-electron chi connectivity index (χ1n) is 6.71. The molecule has 0 saturated carbocycles. The number of carboxylic acid groups (broad SMARTS) is 1. The van der Waals surface area contributed by atoms with Crippen molar-refractivity contribution < 1.29 is 14.6 Å². The molecule has 21 heavy (non-hydrogen) atoms. The van der Waals surface area contributed by atoms with Gasteiger partial charge in [-0.25, -0.2) is 4.79 Å². The van der Waals surface area contributed by atoms with Crippen LogP contribution < -0.4 is 0 Å². The molecule has 1 aromatic carbocycles. The summed E-state index contributed by atoms with van der Waals surface area (Å²) in [7, 11) is 1.74. The molecule has 1 aliphatic heterocycles. The highest BCUT2D eigenvalue weighted by molar-refractivity contribution is 9.10. The molecule has 0 amide bonds. The van der Waals surface area contributed by atoms with Gasteiger partial charge in [0.1, 0.15) is 0 Å². The number of carboxylic acids is 1. The number of aromatic carboxylic acids is 1. The van der Waals surface area contributed by atoms with Gasteiger partial charge in [0.25, 0.3) is 0 Å². The van der Waals surface area contributed by atoms with Gasteiger partial charge in [-0.2, -0.15) is 5.10 Å². The van der Waals surface area contributed by atoms with Crippen molar-refractivity contribution in [1.29, 1.82) is 0 Å². The summed E-state index contributed by atoms with van der Waals surface area (Å²) in [4.78, 5) is 11.0. The van der Waals surface area contributed by atoms with Gasteiger partial charge in [0.15, 0.2) is 5.69 Å². The van der Waals surface area contributed by atoms with Crippen LogP contribution in [0, 0.1) is 0 Å². The molecule has 5 nitrogen and oxygen atoms in total. The fraction of sp³-hybridized carbons (Fsp3) is 0.333. The fourth-order valence-electron chi connectivity index (χ4n) is 2.64. The molecular formula is C15H15BrN2O3. The molecule has 1 N–H and O–H groups in total. The summed E-state index contributed by atoms with van der Waals surface area (Å²) in [6.45, 7) is 1.56. The van der Waals surface area contributed by atoms with Gasteiger partial charge in [0.2, 0.25) is 0 Å². The van der Waals surface area contributed by atoms with Crippen molar-refractivity contribution in [2.75, 3.05) is 13.2 Å². The largest absolute Gasteiger partial charge is 0.476 e. The SMILES string of the molecule is Cn1nc(C(=O)O)cc1-c1ccc(C2CCOC2)c(Br)c1. The number of aromatic nitrogens is 2. The summed E-state index contributed by atoms with van der Waals surface area (Å²) in [5, 5.41) is 13.0. The molecule has 2 heterocycles. The lowest BCUT2D eigenvalue weighted by Gasteiger charge is -2.12. The third-order valence-corrected chi connectivity index (χ3v) is 4.45. The number of ether oxygens (including phenoxy) is 1. The highest BCUT2D eigenvalue weighted by atomic mass is 79.9. The van der Waals surface area contributed by atoms with E-state index in [1.54, 1.807) is 17.8 Å². The highest BCUT2D eigenvalue weighted by Gasteiger charge is 2.21. The summed E-state index contributed by atoms with van der Waals surface area (Å²) < 4.78 is 8.04. The van der Waals surface area contributed by atoms with Crippen LogP contribution >= 0.6 is 15.9 Å². The van der Waals surface area contributed by atoms with Crippen LogP contribution in [0.2, 0.25) is 0 Å². The van der Waals surface area contributed by atoms with Crippen LogP contribution in [0.4, 0.5) is 0 Å². The maximum absolute atomic E-state index is 11.0. The number of hydrogen-bond acceptors (Lipinski definition) is 3. The van der Waals surface area contributed by atoms with Crippen LogP contribution in [0.25, 0.3) is 11.3 Å². The lowest BCUT2D eigenvalue weighted by molar-refractivity contribution is 0.0689. The van der Waals surface area contributed by atoms with Crippen LogP contribution in [0.1, 0.15) is 28.4 Å². The van der Waals surface area contributed by atoms with Crippen LogP contribution in [0.3, 0.4) is 0 Å². The average Bonchev–Trinajstić information content (AvgIpc) is 3.07. The summed E-state index contributed by atoms with van der Waals surface area (Å²) in [6, 6.07) is 7.67. The topological polar surface area (TPSA) is 64.4 Å². The summed E-state index contributed by atoms with van der Waals surface area (Å²) in [5.41, 5.74) is 3.00. The second-order valence-electron chi connectivity index (χ2n) is 5.14. The van der Waals surface area contributed by atoms with E-state index < -0.39 is 5.97 Å². The molecule has 6 heteroatoms. The van der Waals surface area contributed by atoms with Crippen molar-refractivity contribution in [3.8, 4) is 11.3 Å². The van der Waals surface area contributed by atoms with Gasteiger partial charge in [-0.1, -0.05) is 28.1 Å². The second kappa shape index (κ2) is 5.61. The second-order valence-corrected chi connectivity index (χ2v) is 5.99. The van der Waals surface area contributed by atoms with Crippen LogP contribution in [-0.2, 0) is 11.8 Å². The molecule has 1 fully saturated rings. The van der Waals surface area contributed by atoms with E-state index in [2.05, 4.69) is 27.1 Å². The van der Waals surface area contributed by atoms with Crippen LogP contribution in [0.15, 0.2) is 28.7 Å². The Morgan fingerprint density at radius 1 is 1.48 bits per heavy atom. The smallest absolute Gasteiger partial charge is 0.356 e. The predicted molar refractivity (Wildman–Crippen MR) is 81.5 cm³/mol. The van der Waals surface area contributed by atoms with E-state index in [1.165, 1.54) is 5.56 Å². The van der Waals surface area contributed by atoms with Gasteiger partial charge in [0, 0.05) is 29.6 Å². The van der Waals surface area contributed by atoms with Gasteiger partial charge < -0.3 is 9.84 Å². The molecule has 0 aliphatic carbocycles. The first-order chi connectivity index (χ1) is 10.1. The van der Waals surface area contributed by atoms with E-state index in [-0.39, 0.29) is 5.69 Å². The molecule has 2 aromatic rings. The number of aryl methyl sites for hydroxylation is 1. The Balaban J connectivity index is 1.96. The minimum Gasteiger partial charge on any atom is -0.476 e. The Bertz CT molecular complexity index is 690. The van der Waals surface area contributed by atoms with Crippen molar-refractivity contribution in [3.63, 3.8) is 0 Å². The molecule has 1 aromatic heterocycles. The first kappa shape index (κ1) is 14.3. The van der Waals surface area contributed by atoms with Crippen LogP contribution in [-0.4, -0.2) is 34.1 Å². The van der Waals surface area contributed by atoms with Gasteiger partial charge in [0.05, 0.1) is 12.3 Å². The maximum atomic E-state index is 11.0. The summed E-state index contributed by atoms with van der Waals surface area (Å²) in [5.74, 6) is -0.592. The highest BCUT2D eigenvalue weighted by Crippen LogP contribution is 2.34. The van der Waals surface area contributed by atoms with Crippen molar-refractivity contribution >= 4 is 21.9 Å². The molecule has 0 radical (unpaired) electrons. The summed E-state index contributed by atoms with van der Waals surface area (Å²) >= 11 is 3.61. The Hall–Kier alpha value is -1.66. The predicted octanol–water partition coefficient (Wildman–Crippen LogP) is 3.05. The standard InChI is InChI=1S/C15H15BrN2O3/c1-18-14(7-13(17-18)15(19)20)9-2-3-11(12(16)6-9)10-4-5-21-8-10/h2-3,6-7,10H,4-5,8H2,1H3,(H,19,20). The van der Waals surface area contributed by atoms with Gasteiger partial charge in [-0.05, 0) is 24.1 Å². The van der Waals surface area contributed by atoms with Gasteiger partial charge >= 0.3 is 5.97 Å².